The topological polar surface area (TPSA) is 53.1 Å². The van der Waals surface area contributed by atoms with Crippen LogP contribution in [0.15, 0.2) is 58.1 Å². The largest absolute Gasteiger partial charge is 0.493 e. The summed E-state index contributed by atoms with van der Waals surface area (Å²) in [6.45, 7) is 2.69. The highest BCUT2D eigenvalue weighted by molar-refractivity contribution is 7.98. The van der Waals surface area contributed by atoms with Crippen LogP contribution in [0.1, 0.15) is 12.5 Å². The predicted molar refractivity (Wildman–Crippen MR) is 103 cm³/mol. The minimum atomic E-state index is -0.211. The third-order valence-corrected chi connectivity index (χ3v) is 5.31. The highest BCUT2D eigenvalue weighted by Gasteiger charge is 2.18. The monoisotopic (exact) mass is 383 g/mol. The predicted octanol–water partition coefficient (Wildman–Crippen LogP) is 5.15. The molecule has 0 N–H and O–H groups in total. The van der Waals surface area contributed by atoms with Crippen LogP contribution in [-0.4, -0.2) is 21.9 Å². The molecule has 0 saturated heterocycles. The lowest BCUT2D eigenvalue weighted by Gasteiger charge is -2.06. The van der Waals surface area contributed by atoms with Gasteiger partial charge in [-0.3, -0.25) is 4.57 Å². The second-order valence-electron chi connectivity index (χ2n) is 5.92. The molecule has 0 spiro atoms. The molecule has 0 bridgehead atoms. The molecule has 0 atom stereocenters. The maximum Gasteiger partial charge on any atom is 0.200 e. The number of hydrogen-bond acceptors (Lipinski definition) is 5. The maximum atomic E-state index is 13.9. The minimum absolute atomic E-state index is 0.211. The van der Waals surface area contributed by atoms with E-state index in [1.165, 1.54) is 17.8 Å². The smallest absolute Gasteiger partial charge is 0.200 e. The maximum absolute atomic E-state index is 13.9. The number of methoxy groups -OCH3 is 1. The molecule has 27 heavy (non-hydrogen) atoms. The van der Waals surface area contributed by atoms with Gasteiger partial charge in [-0.2, -0.15) is 0 Å². The quantitative estimate of drug-likeness (QED) is 0.431. The molecule has 0 saturated carbocycles. The SMILES string of the molecule is CCn1c(SCc2ccccc2F)nnc1-c1cc2cccc(OC)c2o1. The first kappa shape index (κ1) is 17.6. The van der Waals surface area contributed by atoms with Crippen molar-refractivity contribution in [3.05, 3.63) is 59.9 Å². The lowest BCUT2D eigenvalue weighted by atomic mass is 10.2. The van der Waals surface area contributed by atoms with Crippen molar-refractivity contribution in [2.75, 3.05) is 7.11 Å². The molecule has 0 aliphatic heterocycles. The van der Waals surface area contributed by atoms with Gasteiger partial charge in [-0.1, -0.05) is 42.1 Å². The third kappa shape index (κ3) is 3.30. The van der Waals surface area contributed by atoms with Crippen molar-refractivity contribution in [2.24, 2.45) is 0 Å². The Balaban J connectivity index is 1.66. The van der Waals surface area contributed by atoms with Crippen LogP contribution in [-0.2, 0) is 12.3 Å². The van der Waals surface area contributed by atoms with E-state index in [9.17, 15) is 4.39 Å². The van der Waals surface area contributed by atoms with Gasteiger partial charge in [-0.25, -0.2) is 4.39 Å². The van der Waals surface area contributed by atoms with Crippen molar-refractivity contribution in [3.8, 4) is 17.3 Å². The summed E-state index contributed by atoms with van der Waals surface area (Å²) in [6.07, 6.45) is 0. The van der Waals surface area contributed by atoms with E-state index < -0.39 is 0 Å². The van der Waals surface area contributed by atoms with Crippen LogP contribution in [0.3, 0.4) is 0 Å². The fraction of sp³-hybridized carbons (Fsp3) is 0.200. The summed E-state index contributed by atoms with van der Waals surface area (Å²) in [5, 5.41) is 10.3. The van der Waals surface area contributed by atoms with Gasteiger partial charge in [0.2, 0.25) is 5.82 Å². The van der Waals surface area contributed by atoms with Crippen LogP contribution in [0, 0.1) is 5.82 Å². The molecule has 0 aliphatic carbocycles. The summed E-state index contributed by atoms with van der Waals surface area (Å²) in [5.41, 5.74) is 1.32. The lowest BCUT2D eigenvalue weighted by Crippen LogP contribution is -1.99. The third-order valence-electron chi connectivity index (χ3n) is 4.30. The fourth-order valence-electron chi connectivity index (χ4n) is 2.93. The first-order valence-corrected chi connectivity index (χ1v) is 9.56. The molecule has 7 heteroatoms. The average molecular weight is 383 g/mol. The van der Waals surface area contributed by atoms with Gasteiger partial charge < -0.3 is 9.15 Å². The number of para-hydroxylation sites is 1. The molecule has 0 amide bonds. The molecule has 138 valence electrons. The zero-order chi connectivity index (χ0) is 18.8. The van der Waals surface area contributed by atoms with Crippen molar-refractivity contribution in [1.82, 2.24) is 14.8 Å². The lowest BCUT2D eigenvalue weighted by molar-refractivity contribution is 0.410. The van der Waals surface area contributed by atoms with Gasteiger partial charge in [0, 0.05) is 17.7 Å². The molecule has 2 aromatic heterocycles. The van der Waals surface area contributed by atoms with Crippen molar-refractivity contribution in [3.63, 3.8) is 0 Å². The Morgan fingerprint density at radius 2 is 2.00 bits per heavy atom. The zero-order valence-corrected chi connectivity index (χ0v) is 15.8. The molecule has 2 heterocycles. The molecule has 4 aromatic rings. The summed E-state index contributed by atoms with van der Waals surface area (Å²) in [7, 11) is 1.61. The Morgan fingerprint density at radius 3 is 2.78 bits per heavy atom. The van der Waals surface area contributed by atoms with E-state index in [1.807, 2.05) is 41.8 Å². The molecule has 0 fully saturated rings. The van der Waals surface area contributed by atoms with E-state index in [0.29, 0.717) is 40.8 Å². The first-order valence-electron chi connectivity index (χ1n) is 8.57. The Hall–Kier alpha value is -2.80. The summed E-state index contributed by atoms with van der Waals surface area (Å²) in [5.74, 6) is 2.22. The second kappa shape index (κ2) is 7.44. The zero-order valence-electron chi connectivity index (χ0n) is 15.0. The fourth-order valence-corrected chi connectivity index (χ4v) is 3.92. The Morgan fingerprint density at radius 1 is 1.15 bits per heavy atom. The van der Waals surface area contributed by atoms with Crippen LogP contribution >= 0.6 is 11.8 Å². The number of thioether (sulfide) groups is 1. The number of nitrogens with zero attached hydrogens (tertiary/aromatic N) is 3. The normalized spacial score (nSPS) is 11.2. The highest BCUT2D eigenvalue weighted by Crippen LogP contribution is 2.34. The van der Waals surface area contributed by atoms with Gasteiger partial charge in [0.1, 0.15) is 5.82 Å². The van der Waals surface area contributed by atoms with Crippen molar-refractivity contribution in [1.29, 1.82) is 0 Å². The summed E-state index contributed by atoms with van der Waals surface area (Å²) in [6, 6.07) is 14.4. The molecule has 5 nitrogen and oxygen atoms in total. The van der Waals surface area contributed by atoms with Crippen LogP contribution in [0.25, 0.3) is 22.6 Å². The number of ether oxygens (including phenoxy) is 1. The highest BCUT2D eigenvalue weighted by atomic mass is 32.2. The van der Waals surface area contributed by atoms with E-state index in [-0.39, 0.29) is 5.82 Å². The molecule has 0 aliphatic rings. The Kier molecular flexibility index (Phi) is 4.85. The average Bonchev–Trinajstić information content (AvgIpc) is 3.30. The van der Waals surface area contributed by atoms with Gasteiger partial charge in [0.25, 0.3) is 0 Å². The Labute approximate surface area is 160 Å². The van der Waals surface area contributed by atoms with Gasteiger partial charge in [0.05, 0.1) is 7.11 Å². The number of halogens is 1. The van der Waals surface area contributed by atoms with E-state index in [4.69, 9.17) is 9.15 Å². The summed E-state index contributed by atoms with van der Waals surface area (Å²) >= 11 is 1.45. The second-order valence-corrected chi connectivity index (χ2v) is 6.86. The molecule has 0 unspecified atom stereocenters. The summed E-state index contributed by atoms with van der Waals surface area (Å²) < 4.78 is 27.2. The first-order chi connectivity index (χ1) is 13.2. The standard InChI is InChI=1S/C20H18FN3O2S/c1-3-24-19(17-11-13-8-6-10-16(25-2)18(13)26-17)22-23-20(24)27-12-14-7-4-5-9-15(14)21/h4-11H,3,12H2,1-2H3. The van der Waals surface area contributed by atoms with Crippen LogP contribution in [0.5, 0.6) is 5.75 Å². The molecular weight excluding hydrogens is 365 g/mol. The van der Waals surface area contributed by atoms with E-state index >= 15 is 0 Å². The molecular formula is C20H18FN3O2S. The molecule has 0 radical (unpaired) electrons. The Bertz CT molecular complexity index is 1090. The van der Waals surface area contributed by atoms with Crippen LogP contribution < -0.4 is 4.74 Å². The van der Waals surface area contributed by atoms with Crippen molar-refractivity contribution >= 4 is 22.7 Å². The van der Waals surface area contributed by atoms with E-state index in [0.717, 1.165) is 10.5 Å². The number of aromatic nitrogens is 3. The van der Waals surface area contributed by atoms with Gasteiger partial charge in [-0.15, -0.1) is 10.2 Å². The molecule has 4 rings (SSSR count). The van der Waals surface area contributed by atoms with Gasteiger partial charge in [-0.05, 0) is 30.7 Å². The van der Waals surface area contributed by atoms with Crippen molar-refractivity contribution in [2.45, 2.75) is 24.4 Å². The van der Waals surface area contributed by atoms with Gasteiger partial charge >= 0.3 is 0 Å². The number of rotatable bonds is 6. The number of furan rings is 1. The number of benzene rings is 2. The van der Waals surface area contributed by atoms with Crippen molar-refractivity contribution < 1.29 is 13.5 Å². The van der Waals surface area contributed by atoms with E-state index in [2.05, 4.69) is 10.2 Å². The van der Waals surface area contributed by atoms with Crippen LogP contribution in [0.4, 0.5) is 4.39 Å². The van der Waals surface area contributed by atoms with Crippen LogP contribution in [0.2, 0.25) is 0 Å². The number of hydrogen-bond donors (Lipinski definition) is 0. The molecule has 2 aromatic carbocycles. The number of fused-ring (bicyclic) bond motifs is 1. The van der Waals surface area contributed by atoms with Gasteiger partial charge in [0.15, 0.2) is 22.2 Å². The van der Waals surface area contributed by atoms with E-state index in [1.54, 1.807) is 19.2 Å². The summed E-state index contributed by atoms with van der Waals surface area (Å²) in [4.78, 5) is 0. The minimum Gasteiger partial charge on any atom is -0.493 e.